The second-order valence-corrected chi connectivity index (χ2v) is 8.18. The molecule has 3 N–H and O–H groups in total. The van der Waals surface area contributed by atoms with Crippen LogP contribution in [0.2, 0.25) is 0 Å². The third-order valence-corrected chi connectivity index (χ3v) is 5.40. The molecule has 0 saturated heterocycles. The number of hydrogen-bond acceptors (Lipinski definition) is 6. The summed E-state index contributed by atoms with van der Waals surface area (Å²) >= 11 is 0. The van der Waals surface area contributed by atoms with Gasteiger partial charge in [0.15, 0.2) is 18.1 Å². The number of sulfonamides is 1. The van der Waals surface area contributed by atoms with Crippen molar-refractivity contribution in [2.75, 3.05) is 32.6 Å². The Morgan fingerprint density at radius 1 is 1.10 bits per heavy atom. The van der Waals surface area contributed by atoms with Crippen molar-refractivity contribution in [2.45, 2.75) is 5.75 Å². The summed E-state index contributed by atoms with van der Waals surface area (Å²) in [5.41, 5.74) is 1.40. The third kappa shape index (κ3) is 7.43. The molecule has 0 fully saturated rings. The number of amides is 2. The lowest BCUT2D eigenvalue weighted by Crippen LogP contribution is -2.25. The number of ether oxygens (including phenoxy) is 2. The first kappa shape index (κ1) is 23.9. The highest BCUT2D eigenvalue weighted by molar-refractivity contribution is 7.88. The molecule has 0 radical (unpaired) electrons. The Hall–Kier alpha value is -3.37. The summed E-state index contributed by atoms with van der Waals surface area (Å²) < 4.78 is 36.9. The first-order valence-corrected chi connectivity index (χ1v) is 10.9. The molecule has 0 aliphatic rings. The van der Waals surface area contributed by atoms with Gasteiger partial charge in [-0.25, -0.2) is 13.1 Å². The molecular formula is C21H25N3O6S. The highest BCUT2D eigenvalue weighted by Gasteiger charge is 2.14. The van der Waals surface area contributed by atoms with Gasteiger partial charge in [-0.3, -0.25) is 9.59 Å². The Morgan fingerprint density at radius 2 is 1.81 bits per heavy atom. The monoisotopic (exact) mass is 447 g/mol. The van der Waals surface area contributed by atoms with E-state index in [0.717, 1.165) is 0 Å². The van der Waals surface area contributed by atoms with Crippen molar-refractivity contribution >= 4 is 27.5 Å². The first-order chi connectivity index (χ1) is 14.8. The number of nitrogens with one attached hydrogen (secondary N) is 3. The van der Waals surface area contributed by atoms with Gasteiger partial charge in [-0.15, -0.1) is 6.58 Å². The summed E-state index contributed by atoms with van der Waals surface area (Å²) in [4.78, 5) is 23.9. The van der Waals surface area contributed by atoms with E-state index in [-0.39, 0.29) is 30.7 Å². The fourth-order valence-electron chi connectivity index (χ4n) is 2.49. The summed E-state index contributed by atoms with van der Waals surface area (Å²) in [6.07, 6.45) is 1.46. The van der Waals surface area contributed by atoms with Crippen molar-refractivity contribution in [3.05, 3.63) is 66.2 Å². The average molecular weight is 448 g/mol. The molecular weight excluding hydrogens is 422 g/mol. The zero-order valence-corrected chi connectivity index (χ0v) is 18.1. The Balaban J connectivity index is 2.04. The van der Waals surface area contributed by atoms with Crippen LogP contribution < -0.4 is 24.8 Å². The molecule has 0 aliphatic heterocycles. The number of anilines is 1. The van der Waals surface area contributed by atoms with Crippen LogP contribution in [0.1, 0.15) is 15.9 Å². The van der Waals surface area contributed by atoms with Crippen LogP contribution in [0.15, 0.2) is 55.1 Å². The van der Waals surface area contributed by atoms with E-state index in [9.17, 15) is 18.0 Å². The second-order valence-electron chi connectivity index (χ2n) is 6.37. The normalized spacial score (nSPS) is 10.8. The van der Waals surface area contributed by atoms with Crippen LogP contribution >= 0.6 is 0 Å². The van der Waals surface area contributed by atoms with Crippen LogP contribution in [0.5, 0.6) is 11.5 Å². The first-order valence-electron chi connectivity index (χ1n) is 9.28. The van der Waals surface area contributed by atoms with E-state index in [1.807, 2.05) is 0 Å². The van der Waals surface area contributed by atoms with Crippen molar-refractivity contribution in [1.82, 2.24) is 10.0 Å². The van der Waals surface area contributed by atoms with Gasteiger partial charge in [0.25, 0.3) is 11.8 Å². The van der Waals surface area contributed by atoms with Crippen molar-refractivity contribution in [1.29, 1.82) is 0 Å². The number of methoxy groups -OCH3 is 1. The number of rotatable bonds is 11. The largest absolute Gasteiger partial charge is 0.493 e. The van der Waals surface area contributed by atoms with E-state index in [1.165, 1.54) is 26.3 Å². The quantitative estimate of drug-likeness (QED) is 0.451. The van der Waals surface area contributed by atoms with E-state index in [1.54, 1.807) is 36.4 Å². The molecule has 2 amide bonds. The molecule has 10 heteroatoms. The summed E-state index contributed by atoms with van der Waals surface area (Å²) in [5.74, 6) is -0.216. The highest BCUT2D eigenvalue weighted by Crippen LogP contribution is 2.28. The van der Waals surface area contributed by atoms with Crippen molar-refractivity contribution in [3.63, 3.8) is 0 Å². The Morgan fingerprint density at radius 3 is 2.42 bits per heavy atom. The zero-order valence-electron chi connectivity index (χ0n) is 17.3. The topological polar surface area (TPSA) is 123 Å². The van der Waals surface area contributed by atoms with Crippen molar-refractivity contribution < 1.29 is 27.5 Å². The van der Waals surface area contributed by atoms with Crippen LogP contribution in [-0.4, -0.2) is 47.5 Å². The van der Waals surface area contributed by atoms with E-state index in [2.05, 4.69) is 21.9 Å². The van der Waals surface area contributed by atoms with E-state index < -0.39 is 10.0 Å². The van der Waals surface area contributed by atoms with Crippen molar-refractivity contribution in [3.8, 4) is 11.5 Å². The van der Waals surface area contributed by atoms with Gasteiger partial charge in [0, 0.05) is 24.8 Å². The Labute approximate surface area is 181 Å². The fourth-order valence-corrected chi connectivity index (χ4v) is 3.59. The summed E-state index contributed by atoms with van der Waals surface area (Å²) in [5, 5.41) is 5.18. The molecule has 0 spiro atoms. The van der Waals surface area contributed by atoms with Gasteiger partial charge < -0.3 is 20.1 Å². The number of carbonyl (C=O) groups is 2. The van der Waals surface area contributed by atoms with Crippen molar-refractivity contribution in [2.24, 2.45) is 0 Å². The van der Waals surface area contributed by atoms with Gasteiger partial charge in [-0.1, -0.05) is 18.2 Å². The van der Waals surface area contributed by atoms with E-state index in [4.69, 9.17) is 9.47 Å². The lowest BCUT2D eigenvalue weighted by molar-refractivity contribution is -0.122. The molecule has 0 aromatic heterocycles. The van der Waals surface area contributed by atoms with Gasteiger partial charge >= 0.3 is 0 Å². The zero-order chi connectivity index (χ0) is 22.9. The minimum absolute atomic E-state index is 0.162. The maximum Gasteiger partial charge on any atom is 0.257 e. The molecule has 0 atom stereocenters. The summed E-state index contributed by atoms with van der Waals surface area (Å²) in [6, 6.07) is 11.1. The molecule has 2 aromatic carbocycles. The molecule has 2 rings (SSSR count). The predicted octanol–water partition coefficient (Wildman–Crippen LogP) is 1.68. The fraction of sp³-hybridized carbons (Fsp3) is 0.238. The SMILES string of the molecule is C=CCNS(=O)(=O)Cc1ccc(NC(=O)c2ccc(OCC(=O)NC)c(OC)c2)cc1. The van der Waals surface area contributed by atoms with Crippen LogP contribution in [-0.2, 0) is 20.6 Å². The van der Waals surface area contributed by atoms with Gasteiger partial charge in [-0.05, 0) is 35.9 Å². The van der Waals surface area contributed by atoms with Gasteiger partial charge in [-0.2, -0.15) is 0 Å². The Bertz CT molecular complexity index is 1040. The molecule has 2 aromatic rings. The molecule has 0 aliphatic carbocycles. The molecule has 166 valence electrons. The maximum atomic E-state index is 12.6. The lowest BCUT2D eigenvalue weighted by atomic mass is 10.1. The van der Waals surface area contributed by atoms with E-state index >= 15 is 0 Å². The number of likely N-dealkylation sites (N-methyl/N-ethyl adjacent to an activating group) is 1. The minimum atomic E-state index is -3.46. The van der Waals surface area contributed by atoms with E-state index in [0.29, 0.717) is 28.3 Å². The van der Waals surface area contributed by atoms with Gasteiger partial charge in [0.1, 0.15) is 0 Å². The lowest BCUT2D eigenvalue weighted by Gasteiger charge is -2.12. The molecule has 9 nitrogen and oxygen atoms in total. The number of benzene rings is 2. The number of hydrogen-bond donors (Lipinski definition) is 3. The standard InChI is InChI=1S/C21H25N3O6S/c1-4-11-23-31(27,28)14-15-5-8-17(9-6-15)24-21(26)16-7-10-18(19(12-16)29-3)30-13-20(25)22-2/h4-10,12,23H,1,11,13-14H2,2-3H3,(H,22,25)(H,24,26). The molecule has 0 heterocycles. The molecule has 0 unspecified atom stereocenters. The van der Waals surface area contributed by atoms with Crippen LogP contribution in [0.3, 0.4) is 0 Å². The van der Waals surface area contributed by atoms with Gasteiger partial charge in [0.05, 0.1) is 12.9 Å². The maximum absolute atomic E-state index is 12.6. The Kier molecular flexibility index (Phi) is 8.59. The third-order valence-electron chi connectivity index (χ3n) is 4.08. The van der Waals surface area contributed by atoms with Crippen LogP contribution in [0, 0.1) is 0 Å². The minimum Gasteiger partial charge on any atom is -0.493 e. The highest BCUT2D eigenvalue weighted by atomic mass is 32.2. The molecule has 0 saturated carbocycles. The average Bonchev–Trinajstić information content (AvgIpc) is 2.77. The molecule has 0 bridgehead atoms. The smallest absolute Gasteiger partial charge is 0.257 e. The summed E-state index contributed by atoms with van der Waals surface area (Å²) in [7, 11) is -0.526. The second kappa shape index (κ2) is 11.1. The van der Waals surface area contributed by atoms with Crippen LogP contribution in [0.4, 0.5) is 5.69 Å². The van der Waals surface area contributed by atoms with Gasteiger partial charge in [0.2, 0.25) is 10.0 Å². The van der Waals surface area contributed by atoms with Crippen LogP contribution in [0.25, 0.3) is 0 Å². The summed E-state index contributed by atoms with van der Waals surface area (Å²) in [6.45, 7) is 3.46. The molecule has 31 heavy (non-hydrogen) atoms. The number of carbonyl (C=O) groups excluding carboxylic acids is 2. The predicted molar refractivity (Wildman–Crippen MR) is 118 cm³/mol.